The molecule has 4 nitrogen and oxygen atoms in total. The fourth-order valence-electron chi connectivity index (χ4n) is 2.10. The molecule has 0 radical (unpaired) electrons. The Balaban J connectivity index is 1.97. The Hall–Kier alpha value is -2.18. The standard InChI is InChI=1S/C16H12N2O2S2/c1-20-13-5-3-2-4-12(13)18-15(19)14(22-16(18)21)10-11-6-8-17-9-7-11/h2-10H,1H3/b14-10-. The van der Waals surface area contributed by atoms with Crippen LogP contribution in [-0.2, 0) is 4.79 Å². The van der Waals surface area contributed by atoms with E-state index >= 15 is 0 Å². The minimum Gasteiger partial charge on any atom is -0.495 e. The van der Waals surface area contributed by atoms with Crippen molar-refractivity contribution in [2.24, 2.45) is 0 Å². The molecule has 0 atom stereocenters. The fourth-order valence-corrected chi connectivity index (χ4v) is 3.39. The molecule has 110 valence electrons. The first-order chi connectivity index (χ1) is 10.7. The maximum atomic E-state index is 12.7. The Morgan fingerprint density at radius 1 is 1.23 bits per heavy atom. The SMILES string of the molecule is COc1ccccc1N1C(=O)/C(=C/c2ccncc2)SC1=S. The van der Waals surface area contributed by atoms with Crippen LogP contribution < -0.4 is 9.64 Å². The molecule has 1 aliphatic rings. The smallest absolute Gasteiger partial charge is 0.270 e. The highest BCUT2D eigenvalue weighted by molar-refractivity contribution is 8.27. The predicted octanol–water partition coefficient (Wildman–Crippen LogP) is 3.50. The number of carbonyl (C=O) groups excluding carboxylic acids is 1. The molecule has 6 heteroatoms. The third-order valence-corrected chi connectivity index (χ3v) is 4.43. The summed E-state index contributed by atoms with van der Waals surface area (Å²) in [6, 6.07) is 11.0. The van der Waals surface area contributed by atoms with Gasteiger partial charge < -0.3 is 4.74 Å². The van der Waals surface area contributed by atoms with Gasteiger partial charge in [-0.3, -0.25) is 14.7 Å². The normalized spacial score (nSPS) is 16.4. The molecular weight excluding hydrogens is 316 g/mol. The summed E-state index contributed by atoms with van der Waals surface area (Å²) in [7, 11) is 1.57. The molecular formula is C16H12N2O2S2. The number of hydrogen-bond acceptors (Lipinski definition) is 5. The molecule has 0 spiro atoms. The molecule has 1 amide bonds. The number of rotatable bonds is 3. The minimum absolute atomic E-state index is 0.142. The zero-order valence-corrected chi connectivity index (χ0v) is 13.4. The largest absolute Gasteiger partial charge is 0.495 e. The number of para-hydroxylation sites is 2. The molecule has 1 aromatic carbocycles. The van der Waals surface area contributed by atoms with Crippen LogP contribution in [0.25, 0.3) is 6.08 Å². The van der Waals surface area contributed by atoms with Crippen molar-refractivity contribution >= 4 is 46.0 Å². The minimum atomic E-state index is -0.142. The molecule has 0 N–H and O–H groups in total. The Bertz CT molecular complexity index is 760. The highest BCUT2D eigenvalue weighted by Crippen LogP contribution is 2.39. The first-order valence-corrected chi connectivity index (χ1v) is 7.74. The molecule has 2 heterocycles. The number of carbonyl (C=O) groups is 1. The number of nitrogens with zero attached hydrogens (tertiary/aromatic N) is 2. The lowest BCUT2D eigenvalue weighted by Gasteiger charge is -2.17. The van der Waals surface area contributed by atoms with E-state index in [1.165, 1.54) is 16.7 Å². The summed E-state index contributed by atoms with van der Waals surface area (Å²) in [6.45, 7) is 0. The molecule has 22 heavy (non-hydrogen) atoms. The summed E-state index contributed by atoms with van der Waals surface area (Å²) < 4.78 is 5.81. The lowest BCUT2D eigenvalue weighted by Crippen LogP contribution is -2.27. The van der Waals surface area contributed by atoms with E-state index < -0.39 is 0 Å². The number of ether oxygens (including phenoxy) is 1. The number of thiocarbonyl (C=S) groups is 1. The fraction of sp³-hybridized carbons (Fsp3) is 0.0625. The molecule has 2 aromatic rings. The van der Waals surface area contributed by atoms with E-state index in [1.807, 2.05) is 36.4 Å². The van der Waals surface area contributed by atoms with Crippen molar-refractivity contribution in [3.05, 3.63) is 59.3 Å². The number of amides is 1. The second-order valence-corrected chi connectivity index (χ2v) is 6.15. The number of aromatic nitrogens is 1. The van der Waals surface area contributed by atoms with E-state index in [2.05, 4.69) is 4.98 Å². The van der Waals surface area contributed by atoms with Crippen LogP contribution in [0.15, 0.2) is 53.7 Å². The first-order valence-electron chi connectivity index (χ1n) is 6.51. The second kappa shape index (κ2) is 6.29. The summed E-state index contributed by atoms with van der Waals surface area (Å²) in [5.74, 6) is 0.472. The van der Waals surface area contributed by atoms with E-state index in [4.69, 9.17) is 17.0 Å². The third kappa shape index (κ3) is 2.75. The zero-order chi connectivity index (χ0) is 15.5. The van der Waals surface area contributed by atoms with Gasteiger partial charge in [-0.05, 0) is 35.9 Å². The Morgan fingerprint density at radius 3 is 2.68 bits per heavy atom. The van der Waals surface area contributed by atoms with Gasteiger partial charge in [-0.15, -0.1) is 0 Å². The van der Waals surface area contributed by atoms with E-state index in [1.54, 1.807) is 25.6 Å². The van der Waals surface area contributed by atoms with Gasteiger partial charge in [-0.2, -0.15) is 0 Å². The first kappa shape index (κ1) is 14.7. The number of methoxy groups -OCH3 is 1. The molecule has 3 rings (SSSR count). The molecule has 1 fully saturated rings. The Morgan fingerprint density at radius 2 is 1.95 bits per heavy atom. The van der Waals surface area contributed by atoms with Gasteiger partial charge in [0, 0.05) is 12.4 Å². The van der Waals surface area contributed by atoms with E-state index in [0.29, 0.717) is 20.7 Å². The van der Waals surface area contributed by atoms with E-state index in [0.717, 1.165) is 5.56 Å². The van der Waals surface area contributed by atoms with Crippen molar-refractivity contribution in [1.82, 2.24) is 4.98 Å². The van der Waals surface area contributed by atoms with Gasteiger partial charge in [0.1, 0.15) is 5.75 Å². The van der Waals surface area contributed by atoms with Gasteiger partial charge in [0.25, 0.3) is 5.91 Å². The van der Waals surface area contributed by atoms with Crippen molar-refractivity contribution in [3.8, 4) is 5.75 Å². The Labute approximate surface area is 137 Å². The molecule has 0 unspecified atom stereocenters. The van der Waals surface area contributed by atoms with Crippen molar-refractivity contribution in [2.75, 3.05) is 12.0 Å². The summed E-state index contributed by atoms with van der Waals surface area (Å²) in [4.78, 5) is 18.7. The van der Waals surface area contributed by atoms with Crippen LogP contribution in [0.5, 0.6) is 5.75 Å². The molecule has 0 aliphatic carbocycles. The van der Waals surface area contributed by atoms with Crippen LogP contribution in [0.2, 0.25) is 0 Å². The van der Waals surface area contributed by atoms with Gasteiger partial charge in [0.15, 0.2) is 4.32 Å². The van der Waals surface area contributed by atoms with Gasteiger partial charge in [-0.1, -0.05) is 36.1 Å². The highest BCUT2D eigenvalue weighted by Gasteiger charge is 2.34. The van der Waals surface area contributed by atoms with Crippen molar-refractivity contribution in [3.63, 3.8) is 0 Å². The number of thioether (sulfide) groups is 1. The van der Waals surface area contributed by atoms with Crippen LogP contribution in [0.4, 0.5) is 5.69 Å². The number of anilines is 1. The van der Waals surface area contributed by atoms with Crippen LogP contribution in [0.1, 0.15) is 5.56 Å². The highest BCUT2D eigenvalue weighted by atomic mass is 32.2. The molecule has 1 aliphatic heterocycles. The third-order valence-electron chi connectivity index (χ3n) is 3.12. The molecule has 1 saturated heterocycles. The van der Waals surface area contributed by atoms with Crippen molar-refractivity contribution < 1.29 is 9.53 Å². The summed E-state index contributed by atoms with van der Waals surface area (Å²) in [5, 5.41) is 0. The molecule has 0 saturated carbocycles. The van der Waals surface area contributed by atoms with E-state index in [9.17, 15) is 4.79 Å². The molecule has 0 bridgehead atoms. The summed E-state index contributed by atoms with van der Waals surface area (Å²) in [6.07, 6.45) is 5.19. The van der Waals surface area contributed by atoms with Crippen molar-refractivity contribution in [2.45, 2.75) is 0 Å². The lowest BCUT2D eigenvalue weighted by molar-refractivity contribution is -0.113. The zero-order valence-electron chi connectivity index (χ0n) is 11.7. The maximum Gasteiger partial charge on any atom is 0.270 e. The monoisotopic (exact) mass is 328 g/mol. The average Bonchev–Trinajstić information content (AvgIpc) is 2.82. The molecule has 1 aromatic heterocycles. The van der Waals surface area contributed by atoms with Gasteiger partial charge >= 0.3 is 0 Å². The number of benzene rings is 1. The van der Waals surface area contributed by atoms with Crippen LogP contribution in [0.3, 0.4) is 0 Å². The van der Waals surface area contributed by atoms with Crippen molar-refractivity contribution in [1.29, 1.82) is 0 Å². The predicted molar refractivity (Wildman–Crippen MR) is 92.9 cm³/mol. The van der Waals surface area contributed by atoms with Gasteiger partial charge in [0.2, 0.25) is 0 Å². The maximum absolute atomic E-state index is 12.7. The van der Waals surface area contributed by atoms with E-state index in [-0.39, 0.29) is 5.91 Å². The topological polar surface area (TPSA) is 42.4 Å². The lowest BCUT2D eigenvalue weighted by atomic mass is 10.2. The van der Waals surface area contributed by atoms with Gasteiger partial charge in [-0.25, -0.2) is 0 Å². The summed E-state index contributed by atoms with van der Waals surface area (Å²) in [5.41, 5.74) is 1.57. The number of pyridine rings is 1. The summed E-state index contributed by atoms with van der Waals surface area (Å²) >= 11 is 6.64. The average molecular weight is 328 g/mol. The van der Waals surface area contributed by atoms with Crippen LogP contribution in [0, 0.1) is 0 Å². The second-order valence-electron chi connectivity index (χ2n) is 4.47. The van der Waals surface area contributed by atoms with Crippen LogP contribution >= 0.6 is 24.0 Å². The Kier molecular flexibility index (Phi) is 4.22. The number of hydrogen-bond donors (Lipinski definition) is 0. The van der Waals surface area contributed by atoms with Gasteiger partial charge in [0.05, 0.1) is 17.7 Å². The van der Waals surface area contributed by atoms with Crippen LogP contribution in [-0.4, -0.2) is 22.3 Å². The quantitative estimate of drug-likeness (QED) is 0.637.